The van der Waals surface area contributed by atoms with Crippen LogP contribution in [0.4, 0.5) is 0 Å². The van der Waals surface area contributed by atoms with Crippen molar-refractivity contribution in [1.29, 1.82) is 0 Å². The fraction of sp³-hybridized carbons (Fsp3) is 0.333. The average molecular weight is 140 g/mol. The summed E-state index contributed by atoms with van der Waals surface area (Å²) in [4.78, 5) is 0. The predicted octanol–water partition coefficient (Wildman–Crippen LogP) is 2.97. The van der Waals surface area contributed by atoms with E-state index < -0.39 is 0 Å². The van der Waals surface area contributed by atoms with Crippen LogP contribution in [0.1, 0.15) is 13.8 Å². The SMILES string of the molecule is C=COC=C.[CH2]C([CH2])(C)C. The molecule has 0 fully saturated rings. The maximum Gasteiger partial charge on any atom is 0.0829 e. The molecular formula is C9H16O. The first-order valence-electron chi connectivity index (χ1n) is 3.00. The molecule has 0 unspecified atom stereocenters. The van der Waals surface area contributed by atoms with Gasteiger partial charge in [-0.2, -0.15) is 0 Å². The van der Waals surface area contributed by atoms with Crippen molar-refractivity contribution in [3.8, 4) is 0 Å². The Balaban J connectivity index is 0. The van der Waals surface area contributed by atoms with E-state index in [-0.39, 0.29) is 5.41 Å². The van der Waals surface area contributed by atoms with Gasteiger partial charge in [-0.05, 0) is 19.3 Å². The number of hydrogen-bond donors (Lipinski definition) is 0. The summed E-state index contributed by atoms with van der Waals surface area (Å²) < 4.78 is 4.36. The highest BCUT2D eigenvalue weighted by Crippen LogP contribution is 2.06. The molecule has 0 bridgehead atoms. The van der Waals surface area contributed by atoms with Gasteiger partial charge in [0.1, 0.15) is 0 Å². The van der Waals surface area contributed by atoms with Gasteiger partial charge in [-0.1, -0.05) is 27.0 Å². The summed E-state index contributed by atoms with van der Waals surface area (Å²) in [6.07, 6.45) is 2.62. The molecule has 0 saturated heterocycles. The second kappa shape index (κ2) is 6.40. The normalized spacial score (nSPS) is 8.80. The minimum Gasteiger partial charge on any atom is -0.474 e. The van der Waals surface area contributed by atoms with E-state index in [1.165, 1.54) is 12.5 Å². The van der Waals surface area contributed by atoms with Crippen molar-refractivity contribution in [1.82, 2.24) is 0 Å². The van der Waals surface area contributed by atoms with E-state index in [1.54, 1.807) is 0 Å². The second-order valence-corrected chi connectivity index (χ2v) is 2.63. The van der Waals surface area contributed by atoms with Gasteiger partial charge in [0.05, 0.1) is 12.5 Å². The molecule has 0 saturated carbocycles. The van der Waals surface area contributed by atoms with Crippen LogP contribution >= 0.6 is 0 Å². The molecule has 0 rings (SSSR count). The molecule has 0 amide bonds. The second-order valence-electron chi connectivity index (χ2n) is 2.63. The minimum absolute atomic E-state index is 0. The van der Waals surface area contributed by atoms with Gasteiger partial charge >= 0.3 is 0 Å². The molecule has 10 heavy (non-hydrogen) atoms. The summed E-state index contributed by atoms with van der Waals surface area (Å²) in [6, 6.07) is 0. The molecule has 0 spiro atoms. The molecule has 0 aromatic carbocycles. The fourth-order valence-electron chi connectivity index (χ4n) is 0.0680. The van der Waals surface area contributed by atoms with Crippen LogP contribution in [0.25, 0.3) is 0 Å². The maximum atomic E-state index is 4.36. The highest BCUT2D eigenvalue weighted by atomic mass is 16.5. The molecule has 1 nitrogen and oxygen atoms in total. The molecular weight excluding hydrogens is 124 g/mol. The van der Waals surface area contributed by atoms with Crippen molar-refractivity contribution in [2.45, 2.75) is 13.8 Å². The van der Waals surface area contributed by atoms with Crippen molar-refractivity contribution in [3.05, 3.63) is 39.5 Å². The number of rotatable bonds is 2. The van der Waals surface area contributed by atoms with E-state index in [4.69, 9.17) is 0 Å². The van der Waals surface area contributed by atoms with E-state index in [2.05, 4.69) is 31.7 Å². The van der Waals surface area contributed by atoms with Gasteiger partial charge in [0.2, 0.25) is 0 Å². The van der Waals surface area contributed by atoms with Gasteiger partial charge in [0.15, 0.2) is 0 Å². The largest absolute Gasteiger partial charge is 0.474 e. The smallest absolute Gasteiger partial charge is 0.0829 e. The summed E-state index contributed by atoms with van der Waals surface area (Å²) in [5.74, 6) is 0. The van der Waals surface area contributed by atoms with Crippen LogP contribution in [0.15, 0.2) is 25.7 Å². The van der Waals surface area contributed by atoms with E-state index in [0.29, 0.717) is 0 Å². The molecule has 0 aliphatic carbocycles. The number of ether oxygens (including phenoxy) is 1. The summed E-state index contributed by atoms with van der Waals surface area (Å²) in [6.45, 7) is 17.8. The Hall–Kier alpha value is -0.720. The van der Waals surface area contributed by atoms with Crippen molar-refractivity contribution >= 4 is 0 Å². The van der Waals surface area contributed by atoms with Crippen LogP contribution in [0.2, 0.25) is 0 Å². The van der Waals surface area contributed by atoms with Crippen LogP contribution in [-0.4, -0.2) is 0 Å². The van der Waals surface area contributed by atoms with Gasteiger partial charge in [-0.25, -0.2) is 0 Å². The molecule has 0 heterocycles. The average Bonchev–Trinajstić information content (AvgIpc) is 1.63. The zero-order valence-corrected chi connectivity index (χ0v) is 6.89. The molecule has 0 aliphatic heterocycles. The lowest BCUT2D eigenvalue weighted by Crippen LogP contribution is -1.94. The summed E-state index contributed by atoms with van der Waals surface area (Å²) >= 11 is 0. The first-order chi connectivity index (χ1) is 4.41. The Morgan fingerprint density at radius 1 is 1.10 bits per heavy atom. The topological polar surface area (TPSA) is 9.23 Å². The zero-order chi connectivity index (χ0) is 8.62. The predicted molar refractivity (Wildman–Crippen MR) is 46.0 cm³/mol. The van der Waals surface area contributed by atoms with Gasteiger partial charge in [0.25, 0.3) is 0 Å². The Kier molecular flexibility index (Phi) is 7.68. The third kappa shape index (κ3) is 175. The Labute approximate surface area is 64.4 Å². The zero-order valence-electron chi connectivity index (χ0n) is 6.89. The highest BCUT2D eigenvalue weighted by Gasteiger charge is 1.96. The third-order valence-electron chi connectivity index (χ3n) is 0.192. The summed E-state index contributed by atoms with van der Waals surface area (Å²) in [5.41, 5.74) is 0. The summed E-state index contributed by atoms with van der Waals surface area (Å²) in [5, 5.41) is 0. The first kappa shape index (κ1) is 12.0. The maximum absolute atomic E-state index is 4.36. The van der Waals surface area contributed by atoms with E-state index in [9.17, 15) is 0 Å². The van der Waals surface area contributed by atoms with Gasteiger partial charge in [0, 0.05) is 0 Å². The van der Waals surface area contributed by atoms with Crippen LogP contribution in [0, 0.1) is 19.3 Å². The van der Waals surface area contributed by atoms with Crippen LogP contribution in [0.5, 0.6) is 0 Å². The molecule has 1 heteroatoms. The quantitative estimate of drug-likeness (QED) is 0.536. The van der Waals surface area contributed by atoms with Gasteiger partial charge in [-0.15, -0.1) is 0 Å². The van der Waals surface area contributed by atoms with Crippen molar-refractivity contribution in [2.75, 3.05) is 0 Å². The van der Waals surface area contributed by atoms with E-state index in [1.807, 2.05) is 13.8 Å². The standard InChI is InChI=1S/C5H10.C4H6O/c1-5(2,3)4;1-3-5-4-2/h1-2H2,3-4H3;3-4H,1-2H2. The Bertz CT molecular complexity index is 75.4. The lowest BCUT2D eigenvalue weighted by Gasteiger charge is -2.04. The third-order valence-corrected chi connectivity index (χ3v) is 0.192. The molecule has 0 aromatic heterocycles. The molecule has 2 radical (unpaired) electrons. The molecule has 0 atom stereocenters. The van der Waals surface area contributed by atoms with Crippen molar-refractivity contribution < 1.29 is 4.74 Å². The van der Waals surface area contributed by atoms with Gasteiger partial charge in [-0.3, -0.25) is 0 Å². The molecule has 58 valence electrons. The highest BCUT2D eigenvalue weighted by molar-refractivity contribution is 4.71. The fourth-order valence-corrected chi connectivity index (χ4v) is 0.0680. The lowest BCUT2D eigenvalue weighted by atomic mass is 10.0. The lowest BCUT2D eigenvalue weighted by molar-refractivity contribution is 0.406. The first-order valence-corrected chi connectivity index (χ1v) is 3.00. The van der Waals surface area contributed by atoms with Crippen molar-refractivity contribution in [3.63, 3.8) is 0 Å². The number of hydrogen-bond acceptors (Lipinski definition) is 1. The monoisotopic (exact) mass is 140 g/mol. The summed E-state index contributed by atoms with van der Waals surface area (Å²) in [7, 11) is 0. The van der Waals surface area contributed by atoms with Crippen molar-refractivity contribution in [2.24, 2.45) is 5.41 Å². The van der Waals surface area contributed by atoms with E-state index >= 15 is 0 Å². The Morgan fingerprint density at radius 2 is 1.30 bits per heavy atom. The minimum atomic E-state index is 0. The Morgan fingerprint density at radius 3 is 1.30 bits per heavy atom. The molecule has 0 aromatic rings. The van der Waals surface area contributed by atoms with Crippen LogP contribution < -0.4 is 0 Å². The van der Waals surface area contributed by atoms with Crippen LogP contribution in [-0.2, 0) is 4.74 Å². The molecule has 0 aliphatic rings. The van der Waals surface area contributed by atoms with E-state index in [0.717, 1.165) is 0 Å². The van der Waals surface area contributed by atoms with Gasteiger partial charge < -0.3 is 4.74 Å². The molecule has 0 N–H and O–H groups in total. The van der Waals surface area contributed by atoms with Crippen LogP contribution in [0.3, 0.4) is 0 Å².